The predicted octanol–water partition coefficient (Wildman–Crippen LogP) is 4.17. The summed E-state index contributed by atoms with van der Waals surface area (Å²) < 4.78 is 8.16. The highest BCUT2D eigenvalue weighted by Gasteiger charge is 2.25. The molecule has 1 aliphatic rings. The number of benzene rings is 2. The van der Waals surface area contributed by atoms with Crippen molar-refractivity contribution in [2.75, 3.05) is 6.54 Å². The molecule has 0 spiro atoms. The van der Waals surface area contributed by atoms with E-state index in [1.165, 1.54) is 5.56 Å². The average Bonchev–Trinajstić information content (AvgIpc) is 3.06. The normalized spacial score (nSPS) is 15.7. The van der Waals surface area contributed by atoms with Gasteiger partial charge in [-0.15, -0.1) is 0 Å². The van der Waals surface area contributed by atoms with Crippen molar-refractivity contribution in [3.8, 4) is 5.75 Å². The molecule has 0 radical (unpaired) electrons. The van der Waals surface area contributed by atoms with E-state index in [2.05, 4.69) is 41.1 Å². The number of para-hydroxylation sites is 1. The van der Waals surface area contributed by atoms with E-state index in [9.17, 15) is 4.79 Å². The van der Waals surface area contributed by atoms with E-state index in [0.717, 1.165) is 48.2 Å². The molecule has 26 heavy (non-hydrogen) atoms. The van der Waals surface area contributed by atoms with Crippen LogP contribution in [0, 0.1) is 0 Å². The second-order valence-corrected chi connectivity index (χ2v) is 6.83. The van der Waals surface area contributed by atoms with Crippen LogP contribution in [0.1, 0.15) is 35.8 Å². The van der Waals surface area contributed by atoms with E-state index in [1.54, 1.807) is 0 Å². The fourth-order valence-electron chi connectivity index (χ4n) is 3.63. The zero-order chi connectivity index (χ0) is 17.9. The molecule has 1 aliphatic heterocycles. The first kappa shape index (κ1) is 16.7. The van der Waals surface area contributed by atoms with Gasteiger partial charge in [-0.1, -0.05) is 49.4 Å². The van der Waals surface area contributed by atoms with Crippen molar-refractivity contribution >= 4 is 16.8 Å². The Hall–Kier alpha value is -2.75. The van der Waals surface area contributed by atoms with Gasteiger partial charge in [0.1, 0.15) is 17.5 Å². The lowest BCUT2D eigenvalue weighted by molar-refractivity contribution is 0.0937. The minimum atomic E-state index is -0.00281. The van der Waals surface area contributed by atoms with Crippen LogP contribution in [-0.4, -0.2) is 23.1 Å². The number of aromatic nitrogens is 1. The van der Waals surface area contributed by atoms with Crippen LogP contribution >= 0.6 is 0 Å². The Morgan fingerprint density at radius 1 is 1.19 bits per heavy atom. The number of carbonyl (C=O) groups excluding carboxylic acids is 1. The predicted molar refractivity (Wildman–Crippen MR) is 104 cm³/mol. The maximum Gasteiger partial charge on any atom is 0.267 e. The molecule has 0 aliphatic carbocycles. The first-order valence-corrected chi connectivity index (χ1v) is 9.37. The largest absolute Gasteiger partial charge is 0.486 e. The molecule has 2 heterocycles. The van der Waals surface area contributed by atoms with Crippen molar-refractivity contribution < 1.29 is 9.53 Å². The Morgan fingerprint density at radius 3 is 2.85 bits per heavy atom. The molecule has 2 aromatic carbocycles. The van der Waals surface area contributed by atoms with Gasteiger partial charge in [-0.3, -0.25) is 4.79 Å². The van der Waals surface area contributed by atoms with Crippen LogP contribution < -0.4 is 10.1 Å². The Balaban J connectivity index is 1.47. The zero-order valence-electron chi connectivity index (χ0n) is 15.1. The number of rotatable bonds is 6. The van der Waals surface area contributed by atoms with Crippen molar-refractivity contribution in [3.05, 3.63) is 65.9 Å². The molecule has 1 atom stereocenters. The van der Waals surface area contributed by atoms with Crippen LogP contribution in [-0.2, 0) is 13.0 Å². The van der Waals surface area contributed by atoms with Gasteiger partial charge in [0.2, 0.25) is 0 Å². The molecule has 4 rings (SSSR count). The third-order valence-electron chi connectivity index (χ3n) is 5.02. The molecule has 0 saturated heterocycles. The lowest BCUT2D eigenvalue weighted by Crippen LogP contribution is -2.32. The highest BCUT2D eigenvalue weighted by atomic mass is 16.5. The van der Waals surface area contributed by atoms with Crippen LogP contribution in [0.15, 0.2) is 54.6 Å². The molecule has 1 N–H and O–H groups in total. The summed E-state index contributed by atoms with van der Waals surface area (Å²) in [5.41, 5.74) is 3.07. The van der Waals surface area contributed by atoms with Gasteiger partial charge >= 0.3 is 0 Å². The molecule has 0 saturated carbocycles. The first-order chi connectivity index (χ1) is 12.8. The van der Waals surface area contributed by atoms with Crippen molar-refractivity contribution in [2.24, 2.45) is 0 Å². The standard InChI is InChI=1S/C22H24N2O2/c1-2-18-15-24-19(14-17-11-6-12-20(26-18)21(17)24)22(25)23-13-7-10-16-8-4-3-5-9-16/h3-6,8-9,11-12,14,18H,2,7,10,13,15H2,1H3,(H,23,25). The topological polar surface area (TPSA) is 43.3 Å². The van der Waals surface area contributed by atoms with Crippen LogP contribution in [0.25, 0.3) is 10.9 Å². The quantitative estimate of drug-likeness (QED) is 0.679. The fraction of sp³-hybridized carbons (Fsp3) is 0.318. The first-order valence-electron chi connectivity index (χ1n) is 9.37. The van der Waals surface area contributed by atoms with Gasteiger partial charge in [-0.2, -0.15) is 0 Å². The van der Waals surface area contributed by atoms with Gasteiger partial charge in [0, 0.05) is 11.9 Å². The molecule has 4 nitrogen and oxygen atoms in total. The fourth-order valence-corrected chi connectivity index (χ4v) is 3.63. The summed E-state index contributed by atoms with van der Waals surface area (Å²) >= 11 is 0. The van der Waals surface area contributed by atoms with Crippen LogP contribution in [0.4, 0.5) is 0 Å². The summed E-state index contributed by atoms with van der Waals surface area (Å²) in [4.78, 5) is 12.8. The van der Waals surface area contributed by atoms with Crippen molar-refractivity contribution in [3.63, 3.8) is 0 Å². The number of ether oxygens (including phenoxy) is 1. The van der Waals surface area contributed by atoms with E-state index in [1.807, 2.05) is 30.3 Å². The summed E-state index contributed by atoms with van der Waals surface area (Å²) in [5.74, 6) is 0.876. The van der Waals surface area contributed by atoms with E-state index in [-0.39, 0.29) is 12.0 Å². The molecule has 3 aromatic rings. The monoisotopic (exact) mass is 348 g/mol. The minimum Gasteiger partial charge on any atom is -0.486 e. The number of hydrogen-bond donors (Lipinski definition) is 1. The van der Waals surface area contributed by atoms with Crippen LogP contribution in [0.2, 0.25) is 0 Å². The SMILES string of the molecule is CCC1Cn2c(C(=O)NCCCc3ccccc3)cc3cccc(c32)O1. The van der Waals surface area contributed by atoms with Crippen molar-refractivity contribution in [2.45, 2.75) is 38.8 Å². The number of nitrogens with one attached hydrogen (secondary N) is 1. The van der Waals surface area contributed by atoms with Crippen molar-refractivity contribution in [1.82, 2.24) is 9.88 Å². The highest BCUT2D eigenvalue weighted by molar-refractivity contribution is 6.00. The number of nitrogens with zero attached hydrogens (tertiary/aromatic N) is 1. The van der Waals surface area contributed by atoms with Gasteiger partial charge in [0.05, 0.1) is 12.1 Å². The van der Waals surface area contributed by atoms with E-state index in [4.69, 9.17) is 4.74 Å². The second-order valence-electron chi connectivity index (χ2n) is 6.83. The molecule has 0 fully saturated rings. The molecule has 1 amide bonds. The van der Waals surface area contributed by atoms with E-state index >= 15 is 0 Å². The number of amides is 1. The smallest absolute Gasteiger partial charge is 0.267 e. The molecule has 0 bridgehead atoms. The van der Waals surface area contributed by atoms with E-state index < -0.39 is 0 Å². The van der Waals surface area contributed by atoms with Crippen LogP contribution in [0.3, 0.4) is 0 Å². The summed E-state index contributed by atoms with van der Waals surface area (Å²) in [5, 5.41) is 4.14. The molecule has 134 valence electrons. The number of carbonyl (C=O) groups is 1. The highest BCUT2D eigenvalue weighted by Crippen LogP contribution is 2.34. The Labute approximate surface area is 153 Å². The Bertz CT molecular complexity index is 915. The van der Waals surface area contributed by atoms with Gasteiger partial charge in [0.15, 0.2) is 0 Å². The van der Waals surface area contributed by atoms with Gasteiger partial charge in [-0.05, 0) is 37.0 Å². The molecular weight excluding hydrogens is 324 g/mol. The Kier molecular flexibility index (Phi) is 4.65. The number of hydrogen-bond acceptors (Lipinski definition) is 2. The van der Waals surface area contributed by atoms with Gasteiger partial charge in [-0.25, -0.2) is 0 Å². The molecule has 1 unspecified atom stereocenters. The van der Waals surface area contributed by atoms with Gasteiger partial charge in [0.25, 0.3) is 5.91 Å². The lowest BCUT2D eigenvalue weighted by atomic mass is 10.1. The summed E-state index contributed by atoms with van der Waals surface area (Å²) in [7, 11) is 0. The second kappa shape index (κ2) is 7.24. The maximum absolute atomic E-state index is 12.8. The third kappa shape index (κ3) is 3.19. The van der Waals surface area contributed by atoms with Crippen molar-refractivity contribution in [1.29, 1.82) is 0 Å². The average molecular weight is 348 g/mol. The molecular formula is C22H24N2O2. The third-order valence-corrected chi connectivity index (χ3v) is 5.02. The zero-order valence-corrected chi connectivity index (χ0v) is 15.1. The maximum atomic E-state index is 12.8. The summed E-state index contributed by atoms with van der Waals surface area (Å²) in [6.07, 6.45) is 2.94. The summed E-state index contributed by atoms with van der Waals surface area (Å²) in [6.45, 7) is 3.52. The molecule has 4 heteroatoms. The lowest BCUT2D eigenvalue weighted by Gasteiger charge is -2.26. The summed E-state index contributed by atoms with van der Waals surface area (Å²) in [6, 6.07) is 18.4. The number of aryl methyl sites for hydroxylation is 1. The molecule has 1 aromatic heterocycles. The van der Waals surface area contributed by atoms with Gasteiger partial charge < -0.3 is 14.6 Å². The van der Waals surface area contributed by atoms with Crippen LogP contribution in [0.5, 0.6) is 5.75 Å². The van der Waals surface area contributed by atoms with E-state index in [0.29, 0.717) is 6.54 Å². The minimum absolute atomic E-state index is 0.00281. The Morgan fingerprint density at radius 2 is 2.04 bits per heavy atom.